The maximum Gasteiger partial charge on any atom is 0.0117 e. The Kier molecular flexibility index (Phi) is 4.14. The maximum absolute atomic E-state index is 3.63. The second kappa shape index (κ2) is 5.27. The summed E-state index contributed by atoms with van der Waals surface area (Å²) in [6, 6.07) is 1.63. The molecule has 2 heteroatoms. The maximum atomic E-state index is 3.63. The summed E-state index contributed by atoms with van der Waals surface area (Å²) in [5.74, 6) is 0.812. The number of rotatable bonds is 3. The number of nitrogens with zero attached hydrogens (tertiary/aromatic N) is 1. The topological polar surface area (TPSA) is 15.3 Å². The molecule has 0 aromatic heterocycles. The predicted molar refractivity (Wildman–Crippen MR) is 74.2 cm³/mol. The van der Waals surface area contributed by atoms with Crippen LogP contribution < -0.4 is 5.32 Å². The minimum Gasteiger partial charge on any atom is -0.314 e. The van der Waals surface area contributed by atoms with Gasteiger partial charge in [-0.15, -0.1) is 0 Å². The van der Waals surface area contributed by atoms with Gasteiger partial charge in [0.25, 0.3) is 0 Å². The molecule has 1 aliphatic heterocycles. The van der Waals surface area contributed by atoms with Gasteiger partial charge in [0.15, 0.2) is 0 Å². The molecule has 1 N–H and O–H groups in total. The van der Waals surface area contributed by atoms with Gasteiger partial charge in [-0.25, -0.2) is 0 Å². The van der Waals surface area contributed by atoms with E-state index in [1.54, 1.807) is 0 Å². The fourth-order valence-electron chi connectivity index (χ4n) is 3.79. The Morgan fingerprint density at radius 1 is 1.29 bits per heavy atom. The summed E-state index contributed by atoms with van der Waals surface area (Å²) in [6.07, 6.45) is 5.59. The van der Waals surface area contributed by atoms with Gasteiger partial charge in [-0.1, -0.05) is 27.7 Å². The van der Waals surface area contributed by atoms with E-state index in [4.69, 9.17) is 0 Å². The number of nitrogens with one attached hydrogen (secondary N) is 1. The van der Waals surface area contributed by atoms with Crippen LogP contribution in [0.5, 0.6) is 0 Å². The zero-order valence-corrected chi connectivity index (χ0v) is 12.1. The first kappa shape index (κ1) is 13.4. The van der Waals surface area contributed by atoms with Crippen LogP contribution in [-0.2, 0) is 0 Å². The quantitative estimate of drug-likeness (QED) is 0.813. The summed E-state index contributed by atoms with van der Waals surface area (Å²) in [7, 11) is 0. The molecule has 3 atom stereocenters. The van der Waals surface area contributed by atoms with Crippen molar-refractivity contribution < 1.29 is 0 Å². The summed E-state index contributed by atoms with van der Waals surface area (Å²) in [5, 5.41) is 3.63. The van der Waals surface area contributed by atoms with E-state index >= 15 is 0 Å². The highest BCUT2D eigenvalue weighted by Gasteiger charge is 2.37. The van der Waals surface area contributed by atoms with Crippen molar-refractivity contribution in [3.63, 3.8) is 0 Å². The van der Waals surface area contributed by atoms with Gasteiger partial charge in [0.2, 0.25) is 0 Å². The molecule has 1 aliphatic carbocycles. The molecular formula is C15H30N2. The summed E-state index contributed by atoms with van der Waals surface area (Å²) >= 11 is 0. The van der Waals surface area contributed by atoms with E-state index in [0.29, 0.717) is 5.41 Å². The molecule has 0 aromatic rings. The lowest BCUT2D eigenvalue weighted by molar-refractivity contribution is 0.101. The van der Waals surface area contributed by atoms with Crippen LogP contribution >= 0.6 is 0 Å². The van der Waals surface area contributed by atoms with E-state index in [1.807, 2.05) is 0 Å². The average Bonchev–Trinajstić information content (AvgIpc) is 2.62. The van der Waals surface area contributed by atoms with Crippen molar-refractivity contribution >= 4 is 0 Å². The first-order valence-corrected chi connectivity index (χ1v) is 7.49. The van der Waals surface area contributed by atoms with Gasteiger partial charge in [-0.05, 0) is 50.1 Å². The SMILES string of the molecule is CCNC1CCN(C2CCC(C)(C)C2)CC1C. The van der Waals surface area contributed by atoms with Gasteiger partial charge in [0.1, 0.15) is 0 Å². The van der Waals surface area contributed by atoms with Crippen molar-refractivity contribution in [3.8, 4) is 0 Å². The molecule has 1 heterocycles. The third-order valence-electron chi connectivity index (χ3n) is 4.86. The second-order valence-corrected chi connectivity index (χ2v) is 6.99. The summed E-state index contributed by atoms with van der Waals surface area (Å²) < 4.78 is 0. The van der Waals surface area contributed by atoms with Gasteiger partial charge < -0.3 is 5.32 Å². The van der Waals surface area contributed by atoms with Crippen LogP contribution in [0, 0.1) is 11.3 Å². The van der Waals surface area contributed by atoms with Gasteiger partial charge in [-0.2, -0.15) is 0 Å². The van der Waals surface area contributed by atoms with Crippen LogP contribution in [0.2, 0.25) is 0 Å². The number of hydrogen-bond donors (Lipinski definition) is 1. The molecule has 100 valence electrons. The Balaban J connectivity index is 1.85. The molecule has 1 saturated carbocycles. The predicted octanol–water partition coefficient (Wildman–Crippen LogP) is 2.89. The van der Waals surface area contributed by atoms with E-state index in [2.05, 4.69) is 37.9 Å². The van der Waals surface area contributed by atoms with Crippen LogP contribution in [0.15, 0.2) is 0 Å². The van der Waals surface area contributed by atoms with Crippen LogP contribution in [0.4, 0.5) is 0 Å². The lowest BCUT2D eigenvalue weighted by Crippen LogP contribution is -2.51. The summed E-state index contributed by atoms with van der Waals surface area (Å²) in [6.45, 7) is 13.2. The Morgan fingerprint density at radius 2 is 2.06 bits per heavy atom. The van der Waals surface area contributed by atoms with Crippen molar-refractivity contribution in [2.24, 2.45) is 11.3 Å². The molecule has 0 aromatic carbocycles. The Hall–Kier alpha value is -0.0800. The minimum absolute atomic E-state index is 0.590. The highest BCUT2D eigenvalue weighted by Crippen LogP contribution is 2.40. The van der Waals surface area contributed by atoms with E-state index in [-0.39, 0.29) is 0 Å². The van der Waals surface area contributed by atoms with Crippen molar-refractivity contribution in [1.82, 2.24) is 10.2 Å². The Labute approximate surface area is 107 Å². The normalized spacial score (nSPS) is 38.5. The molecular weight excluding hydrogens is 208 g/mol. The Bertz CT molecular complexity index is 249. The number of likely N-dealkylation sites (tertiary alicyclic amines) is 1. The highest BCUT2D eigenvalue weighted by molar-refractivity contribution is 4.92. The zero-order chi connectivity index (χ0) is 12.5. The average molecular weight is 238 g/mol. The number of piperidine rings is 1. The molecule has 0 amide bonds. The van der Waals surface area contributed by atoms with E-state index in [9.17, 15) is 0 Å². The molecule has 0 spiro atoms. The third kappa shape index (κ3) is 3.23. The largest absolute Gasteiger partial charge is 0.314 e. The molecule has 2 aliphatic rings. The van der Waals surface area contributed by atoms with Gasteiger partial charge in [0, 0.05) is 18.6 Å². The van der Waals surface area contributed by atoms with Gasteiger partial charge >= 0.3 is 0 Å². The van der Waals surface area contributed by atoms with Crippen LogP contribution in [0.3, 0.4) is 0 Å². The van der Waals surface area contributed by atoms with Crippen molar-refractivity contribution in [3.05, 3.63) is 0 Å². The van der Waals surface area contributed by atoms with Crippen molar-refractivity contribution in [2.75, 3.05) is 19.6 Å². The van der Waals surface area contributed by atoms with Crippen LogP contribution in [-0.4, -0.2) is 36.6 Å². The molecule has 2 fully saturated rings. The second-order valence-electron chi connectivity index (χ2n) is 6.99. The summed E-state index contributed by atoms with van der Waals surface area (Å²) in [5.41, 5.74) is 0.590. The minimum atomic E-state index is 0.590. The zero-order valence-electron chi connectivity index (χ0n) is 12.1. The molecule has 2 nitrogen and oxygen atoms in total. The monoisotopic (exact) mass is 238 g/mol. The smallest absolute Gasteiger partial charge is 0.0117 e. The lowest BCUT2D eigenvalue weighted by atomic mass is 9.90. The van der Waals surface area contributed by atoms with E-state index in [0.717, 1.165) is 24.5 Å². The third-order valence-corrected chi connectivity index (χ3v) is 4.86. The molecule has 17 heavy (non-hydrogen) atoms. The molecule has 3 unspecified atom stereocenters. The van der Waals surface area contributed by atoms with E-state index in [1.165, 1.54) is 38.8 Å². The van der Waals surface area contributed by atoms with Crippen molar-refractivity contribution in [1.29, 1.82) is 0 Å². The highest BCUT2D eigenvalue weighted by atomic mass is 15.2. The van der Waals surface area contributed by atoms with E-state index < -0.39 is 0 Å². The van der Waals surface area contributed by atoms with Crippen molar-refractivity contribution in [2.45, 2.75) is 65.5 Å². The first-order chi connectivity index (χ1) is 8.02. The number of hydrogen-bond acceptors (Lipinski definition) is 2. The van der Waals surface area contributed by atoms with Crippen LogP contribution in [0.1, 0.15) is 53.4 Å². The fraction of sp³-hybridized carbons (Fsp3) is 1.00. The van der Waals surface area contributed by atoms with Crippen LogP contribution in [0.25, 0.3) is 0 Å². The van der Waals surface area contributed by atoms with Gasteiger partial charge in [0.05, 0.1) is 0 Å². The summed E-state index contributed by atoms with van der Waals surface area (Å²) in [4.78, 5) is 2.77. The lowest BCUT2D eigenvalue weighted by Gasteiger charge is -2.40. The first-order valence-electron chi connectivity index (χ1n) is 7.49. The molecule has 2 rings (SSSR count). The molecule has 0 radical (unpaired) electrons. The van der Waals surface area contributed by atoms with Gasteiger partial charge in [-0.3, -0.25) is 4.90 Å². The standard InChI is InChI=1S/C15H30N2/c1-5-16-14-7-9-17(11-12(14)2)13-6-8-15(3,4)10-13/h12-14,16H,5-11H2,1-4H3. The molecule has 0 bridgehead atoms. The Morgan fingerprint density at radius 3 is 2.59 bits per heavy atom. The fourth-order valence-corrected chi connectivity index (χ4v) is 3.79. The molecule has 1 saturated heterocycles.